The van der Waals surface area contributed by atoms with E-state index in [1.807, 2.05) is 0 Å². The number of rotatable bonds is 1. The molecule has 18 heavy (non-hydrogen) atoms. The van der Waals surface area contributed by atoms with Crippen molar-refractivity contribution in [3.05, 3.63) is 35.4 Å². The zero-order valence-corrected chi connectivity index (χ0v) is 10.9. The molecule has 0 saturated carbocycles. The summed E-state index contributed by atoms with van der Waals surface area (Å²) in [6.07, 6.45) is 7.15. The molecule has 2 heteroatoms. The van der Waals surface area contributed by atoms with Gasteiger partial charge in [0.1, 0.15) is 5.54 Å². The molecule has 0 aromatic heterocycles. The maximum Gasteiger partial charge on any atom is 0.135 e. The van der Waals surface area contributed by atoms with Gasteiger partial charge in [0.15, 0.2) is 0 Å². The Labute approximate surface area is 109 Å². The Morgan fingerprint density at radius 2 is 1.78 bits per heavy atom. The lowest BCUT2D eigenvalue weighted by Gasteiger charge is -2.36. The van der Waals surface area contributed by atoms with Crippen LogP contribution in [-0.4, -0.2) is 18.0 Å². The van der Waals surface area contributed by atoms with Crippen molar-refractivity contribution in [2.45, 2.75) is 44.1 Å². The van der Waals surface area contributed by atoms with E-state index < -0.39 is 0 Å². The highest BCUT2D eigenvalue weighted by Gasteiger charge is 2.43. The van der Waals surface area contributed by atoms with E-state index in [-0.39, 0.29) is 5.54 Å². The highest BCUT2D eigenvalue weighted by Crippen LogP contribution is 2.42. The van der Waals surface area contributed by atoms with Gasteiger partial charge < -0.3 is 0 Å². The summed E-state index contributed by atoms with van der Waals surface area (Å²) in [6.45, 7) is 2.17. The van der Waals surface area contributed by atoms with Crippen molar-refractivity contribution in [1.82, 2.24) is 4.90 Å². The largest absolute Gasteiger partial charge is 0.282 e. The summed E-state index contributed by atoms with van der Waals surface area (Å²) in [7, 11) is 0. The van der Waals surface area contributed by atoms with Gasteiger partial charge in [-0.25, -0.2) is 0 Å². The first-order valence-corrected chi connectivity index (χ1v) is 7.11. The molecule has 0 radical (unpaired) electrons. The Hall–Kier alpha value is -1.33. The monoisotopic (exact) mass is 240 g/mol. The molecular weight excluding hydrogens is 220 g/mol. The van der Waals surface area contributed by atoms with Gasteiger partial charge in [0.25, 0.3) is 0 Å². The molecule has 2 aliphatic rings. The van der Waals surface area contributed by atoms with Gasteiger partial charge in [-0.1, -0.05) is 37.1 Å². The summed E-state index contributed by atoms with van der Waals surface area (Å²) in [4.78, 5) is 2.45. The maximum atomic E-state index is 9.82. The number of hydrogen-bond donors (Lipinski definition) is 0. The first kappa shape index (κ1) is 11.7. The highest BCUT2D eigenvalue weighted by atomic mass is 15.2. The van der Waals surface area contributed by atoms with E-state index >= 15 is 0 Å². The zero-order chi connectivity index (χ0) is 12.4. The molecule has 0 spiro atoms. The number of aryl methyl sites for hydroxylation is 1. The van der Waals surface area contributed by atoms with E-state index in [9.17, 15) is 5.26 Å². The van der Waals surface area contributed by atoms with E-state index in [1.54, 1.807) is 0 Å². The summed E-state index contributed by atoms with van der Waals surface area (Å²) in [5.41, 5.74) is 2.32. The van der Waals surface area contributed by atoms with Crippen molar-refractivity contribution in [3.63, 3.8) is 0 Å². The third kappa shape index (κ3) is 1.74. The van der Waals surface area contributed by atoms with Gasteiger partial charge in [-0.15, -0.1) is 0 Å². The number of nitrogens with zero attached hydrogens (tertiary/aromatic N) is 2. The van der Waals surface area contributed by atoms with Gasteiger partial charge in [0.05, 0.1) is 6.07 Å². The van der Waals surface area contributed by atoms with E-state index in [0.29, 0.717) is 0 Å². The van der Waals surface area contributed by atoms with Gasteiger partial charge in [-0.05, 0) is 49.9 Å². The molecule has 1 heterocycles. The highest BCUT2D eigenvalue weighted by molar-refractivity contribution is 5.43. The molecule has 1 aromatic carbocycles. The molecule has 1 aliphatic heterocycles. The second-order valence-electron chi connectivity index (χ2n) is 5.53. The van der Waals surface area contributed by atoms with Gasteiger partial charge in [-0.2, -0.15) is 5.26 Å². The summed E-state index contributed by atoms with van der Waals surface area (Å²) in [6, 6.07) is 11.2. The van der Waals surface area contributed by atoms with Crippen LogP contribution in [0.15, 0.2) is 24.3 Å². The van der Waals surface area contributed by atoms with Gasteiger partial charge in [0.2, 0.25) is 0 Å². The van der Waals surface area contributed by atoms with Crippen LogP contribution in [0.4, 0.5) is 0 Å². The standard InChI is InChI=1S/C16H20N2/c17-13-16(18-11-5-1-2-6-12-18)10-9-14-7-3-4-8-15(14)16/h3-4,7-8H,1-2,5-6,9-12H2. The second-order valence-corrected chi connectivity index (χ2v) is 5.53. The molecular formula is C16H20N2. The summed E-state index contributed by atoms with van der Waals surface area (Å²) >= 11 is 0. The van der Waals surface area contributed by atoms with Crippen molar-refractivity contribution in [2.75, 3.05) is 13.1 Å². The topological polar surface area (TPSA) is 27.0 Å². The van der Waals surface area contributed by atoms with Crippen LogP contribution in [0.5, 0.6) is 0 Å². The summed E-state index contributed by atoms with van der Waals surface area (Å²) < 4.78 is 0. The Bertz CT molecular complexity index is 466. The molecule has 1 fully saturated rings. The molecule has 1 aliphatic carbocycles. The first-order valence-electron chi connectivity index (χ1n) is 7.11. The van der Waals surface area contributed by atoms with Gasteiger partial charge in [0, 0.05) is 0 Å². The lowest BCUT2D eigenvalue weighted by molar-refractivity contribution is 0.142. The fraction of sp³-hybridized carbons (Fsp3) is 0.562. The average molecular weight is 240 g/mol. The number of nitriles is 1. The minimum Gasteiger partial charge on any atom is -0.282 e. The molecule has 2 nitrogen and oxygen atoms in total. The minimum atomic E-state index is -0.332. The van der Waals surface area contributed by atoms with Crippen molar-refractivity contribution in [2.24, 2.45) is 0 Å². The van der Waals surface area contributed by atoms with E-state index in [1.165, 1.54) is 36.8 Å². The van der Waals surface area contributed by atoms with Crippen LogP contribution in [0.3, 0.4) is 0 Å². The van der Waals surface area contributed by atoms with E-state index in [2.05, 4.69) is 35.2 Å². The van der Waals surface area contributed by atoms with Crippen molar-refractivity contribution in [1.29, 1.82) is 5.26 Å². The van der Waals surface area contributed by atoms with Crippen LogP contribution in [0, 0.1) is 11.3 Å². The van der Waals surface area contributed by atoms with Crippen LogP contribution in [0.2, 0.25) is 0 Å². The molecule has 1 unspecified atom stereocenters. The quantitative estimate of drug-likeness (QED) is 0.753. The minimum absolute atomic E-state index is 0.332. The lowest BCUT2D eigenvalue weighted by atomic mass is 9.91. The number of hydrogen-bond acceptors (Lipinski definition) is 2. The molecule has 0 bridgehead atoms. The number of likely N-dealkylation sites (tertiary alicyclic amines) is 1. The molecule has 0 amide bonds. The van der Waals surface area contributed by atoms with E-state index in [4.69, 9.17) is 0 Å². The first-order chi connectivity index (χ1) is 8.87. The third-order valence-corrected chi connectivity index (χ3v) is 4.55. The molecule has 3 rings (SSSR count). The van der Waals surface area contributed by atoms with Crippen molar-refractivity contribution in [3.8, 4) is 6.07 Å². The molecule has 0 N–H and O–H groups in total. The maximum absolute atomic E-state index is 9.82. The fourth-order valence-electron chi connectivity index (χ4n) is 3.56. The Morgan fingerprint density at radius 3 is 2.50 bits per heavy atom. The normalized spacial score (nSPS) is 28.4. The SMILES string of the molecule is N#CC1(N2CCCCCC2)CCc2ccccc21. The smallest absolute Gasteiger partial charge is 0.135 e. The van der Waals surface area contributed by atoms with Crippen LogP contribution >= 0.6 is 0 Å². The third-order valence-electron chi connectivity index (χ3n) is 4.55. The molecule has 1 atom stereocenters. The average Bonchev–Trinajstić information content (AvgIpc) is 2.61. The van der Waals surface area contributed by atoms with Crippen LogP contribution in [0.1, 0.15) is 43.2 Å². The second kappa shape index (κ2) is 4.74. The van der Waals surface area contributed by atoms with Crippen molar-refractivity contribution < 1.29 is 0 Å². The van der Waals surface area contributed by atoms with Crippen LogP contribution in [0.25, 0.3) is 0 Å². The summed E-state index contributed by atoms with van der Waals surface area (Å²) in [5.74, 6) is 0. The zero-order valence-electron chi connectivity index (χ0n) is 10.9. The van der Waals surface area contributed by atoms with Crippen molar-refractivity contribution >= 4 is 0 Å². The Kier molecular flexibility index (Phi) is 3.09. The van der Waals surface area contributed by atoms with Gasteiger partial charge in [-0.3, -0.25) is 4.90 Å². The van der Waals surface area contributed by atoms with Crippen LogP contribution in [-0.2, 0) is 12.0 Å². The molecule has 94 valence electrons. The summed E-state index contributed by atoms with van der Waals surface area (Å²) in [5, 5.41) is 9.82. The Morgan fingerprint density at radius 1 is 1.06 bits per heavy atom. The predicted octanol–water partition coefficient (Wildman–Crippen LogP) is 3.23. The number of fused-ring (bicyclic) bond motifs is 1. The lowest BCUT2D eigenvalue weighted by Crippen LogP contribution is -2.44. The molecule has 1 aromatic rings. The fourth-order valence-corrected chi connectivity index (χ4v) is 3.56. The number of benzene rings is 1. The predicted molar refractivity (Wildman–Crippen MR) is 72.1 cm³/mol. The van der Waals surface area contributed by atoms with Gasteiger partial charge >= 0.3 is 0 Å². The Balaban J connectivity index is 1.99. The molecule has 1 saturated heterocycles. The van der Waals surface area contributed by atoms with Crippen LogP contribution < -0.4 is 0 Å². The van der Waals surface area contributed by atoms with E-state index in [0.717, 1.165) is 25.9 Å².